The second-order valence-electron chi connectivity index (χ2n) is 2.21. The van der Waals surface area contributed by atoms with Crippen LogP contribution in [0.1, 0.15) is 26.2 Å². The van der Waals surface area contributed by atoms with Crippen LogP contribution in [0.3, 0.4) is 0 Å². The third kappa shape index (κ3) is 3.91. The Labute approximate surface area is 65.8 Å². The van der Waals surface area contributed by atoms with Gasteiger partial charge in [0.2, 0.25) is 5.39 Å². The summed E-state index contributed by atoms with van der Waals surface area (Å²) in [4.78, 5) is 2.50. The van der Waals surface area contributed by atoms with E-state index in [0.717, 1.165) is 6.42 Å². The van der Waals surface area contributed by atoms with Gasteiger partial charge in [-0.1, -0.05) is 13.3 Å². The molecule has 0 radical (unpaired) electrons. The third-order valence-electron chi connectivity index (χ3n) is 1.27. The highest BCUT2D eigenvalue weighted by Crippen LogP contribution is 2.09. The van der Waals surface area contributed by atoms with Crippen LogP contribution < -0.4 is 0 Å². The average Bonchev–Trinajstić information content (AvgIpc) is 1.87. The molecule has 0 aromatic rings. The topological polar surface area (TPSA) is 85.3 Å². The second-order valence-corrected chi connectivity index (χ2v) is 3.73. The Morgan fingerprint density at radius 1 is 1.64 bits per heavy atom. The molecule has 0 aromatic carbocycles. The lowest BCUT2D eigenvalue weighted by molar-refractivity contribution is 0.449. The summed E-state index contributed by atoms with van der Waals surface area (Å²) in [7, 11) is -4.45. The maximum atomic E-state index is 10.3. The zero-order valence-corrected chi connectivity index (χ0v) is 7.04. The monoisotopic (exact) mass is 178 g/mol. The Morgan fingerprint density at radius 3 is 2.45 bits per heavy atom. The van der Waals surface area contributed by atoms with E-state index in [1.165, 1.54) is 0 Å². The van der Waals surface area contributed by atoms with Gasteiger partial charge >= 0.3 is 5.37 Å². The van der Waals surface area contributed by atoms with E-state index in [4.69, 9.17) is 5.39 Å². The number of hydrogen-bond donors (Lipinski definition) is 0. The van der Waals surface area contributed by atoms with E-state index in [9.17, 15) is 13.0 Å². The number of diazo groups is 1. The molecule has 0 aliphatic heterocycles. The first-order chi connectivity index (χ1) is 5.02. The highest BCUT2D eigenvalue weighted by atomic mass is 32.2. The molecule has 64 valence electrons. The van der Waals surface area contributed by atoms with Crippen molar-refractivity contribution in [3.8, 4) is 0 Å². The summed E-state index contributed by atoms with van der Waals surface area (Å²) in [5.41, 5.74) is 0. The molecule has 0 aliphatic carbocycles. The largest absolute Gasteiger partial charge is 0.742 e. The van der Waals surface area contributed by atoms with Gasteiger partial charge < -0.3 is 4.55 Å². The van der Waals surface area contributed by atoms with Gasteiger partial charge in [0.05, 0.1) is 0 Å². The minimum absolute atomic E-state index is 0.0961. The fourth-order valence-corrected chi connectivity index (χ4v) is 1.21. The van der Waals surface area contributed by atoms with Gasteiger partial charge in [-0.15, -0.1) is 0 Å². The maximum Gasteiger partial charge on any atom is 0.399 e. The van der Waals surface area contributed by atoms with E-state index in [2.05, 4.69) is 4.98 Å². The molecule has 0 amide bonds. The number of nitrogens with zero attached hydrogens (tertiary/aromatic N) is 2. The second kappa shape index (κ2) is 4.26. The minimum atomic E-state index is -4.45. The van der Waals surface area contributed by atoms with Crippen molar-refractivity contribution in [3.63, 3.8) is 0 Å². The highest BCUT2D eigenvalue weighted by molar-refractivity contribution is 7.86. The lowest BCUT2D eigenvalue weighted by Gasteiger charge is -2.02. The van der Waals surface area contributed by atoms with Crippen LogP contribution in [-0.2, 0) is 10.1 Å². The predicted molar refractivity (Wildman–Crippen MR) is 38.1 cm³/mol. The van der Waals surface area contributed by atoms with Gasteiger partial charge in [0.1, 0.15) is 4.98 Å². The number of rotatable bonds is 4. The van der Waals surface area contributed by atoms with Gasteiger partial charge in [-0.3, -0.25) is 0 Å². The predicted octanol–water partition coefficient (Wildman–Crippen LogP) is 0.901. The Morgan fingerprint density at radius 2 is 2.18 bits per heavy atom. The molecular formula is C5H10N2O3S. The first-order valence-corrected chi connectivity index (χ1v) is 4.78. The van der Waals surface area contributed by atoms with Crippen LogP contribution in [0, 0.1) is 5.39 Å². The van der Waals surface area contributed by atoms with E-state index >= 15 is 0 Å². The van der Waals surface area contributed by atoms with Gasteiger partial charge in [-0.2, -0.15) is 0 Å². The summed E-state index contributed by atoms with van der Waals surface area (Å²) >= 11 is 0. The van der Waals surface area contributed by atoms with Crippen LogP contribution in [0.4, 0.5) is 0 Å². The fourth-order valence-electron chi connectivity index (χ4n) is 0.639. The maximum absolute atomic E-state index is 10.3. The lowest BCUT2D eigenvalue weighted by Crippen LogP contribution is -2.16. The molecule has 0 aliphatic rings. The molecule has 0 saturated carbocycles. The van der Waals surface area contributed by atoms with Crippen molar-refractivity contribution < 1.29 is 13.0 Å². The molecule has 11 heavy (non-hydrogen) atoms. The van der Waals surface area contributed by atoms with Crippen molar-refractivity contribution >= 4 is 10.1 Å². The van der Waals surface area contributed by atoms with Crippen LogP contribution >= 0.6 is 0 Å². The summed E-state index contributed by atoms with van der Waals surface area (Å²) in [6.45, 7) is 1.85. The zero-order valence-electron chi connectivity index (χ0n) is 6.23. The molecule has 0 N–H and O–H groups in total. The van der Waals surface area contributed by atoms with E-state index in [0.29, 0.717) is 6.42 Å². The zero-order chi connectivity index (χ0) is 8.91. The van der Waals surface area contributed by atoms with Crippen LogP contribution in [0.5, 0.6) is 0 Å². The molecule has 0 spiro atoms. The van der Waals surface area contributed by atoms with Gasteiger partial charge in [0.25, 0.3) is 0 Å². The standard InChI is InChI=1S/C5H10N2O3S/c1-2-3-4-5(7-6)11(8,9)10/h5H,2-4H2,1H3. The minimum Gasteiger partial charge on any atom is -0.742 e. The molecule has 5 nitrogen and oxygen atoms in total. The quantitative estimate of drug-likeness (QED) is 0.472. The smallest absolute Gasteiger partial charge is 0.399 e. The molecule has 0 saturated heterocycles. The van der Waals surface area contributed by atoms with Crippen LogP contribution in [0.15, 0.2) is 0 Å². The molecule has 0 heterocycles. The molecule has 0 rings (SSSR count). The first-order valence-electron chi connectivity index (χ1n) is 3.31. The van der Waals surface area contributed by atoms with E-state index < -0.39 is 15.5 Å². The van der Waals surface area contributed by atoms with E-state index in [1.54, 1.807) is 0 Å². The molecule has 1 atom stereocenters. The van der Waals surface area contributed by atoms with Crippen molar-refractivity contribution in [2.45, 2.75) is 31.6 Å². The van der Waals surface area contributed by atoms with E-state index in [-0.39, 0.29) is 6.42 Å². The normalized spacial score (nSPS) is 13.9. The molecule has 6 heteroatoms. The Hall–Kier alpha value is -0.670. The average molecular weight is 178 g/mol. The molecule has 0 fully saturated rings. The van der Waals surface area contributed by atoms with Crippen molar-refractivity contribution in [2.24, 2.45) is 0 Å². The fraction of sp³-hybridized carbons (Fsp3) is 1.00. The van der Waals surface area contributed by atoms with E-state index in [1.807, 2.05) is 6.92 Å². The van der Waals surface area contributed by atoms with Crippen LogP contribution in [0.2, 0.25) is 0 Å². The van der Waals surface area contributed by atoms with Crippen LogP contribution in [-0.4, -0.2) is 18.3 Å². The van der Waals surface area contributed by atoms with Crippen molar-refractivity contribution in [2.75, 3.05) is 0 Å². The van der Waals surface area contributed by atoms with Gasteiger partial charge in [-0.05, 0) is 6.42 Å². The summed E-state index contributed by atoms with van der Waals surface area (Å²) in [6, 6.07) is 0. The number of unbranched alkanes of at least 4 members (excludes halogenated alkanes) is 1. The lowest BCUT2D eigenvalue weighted by atomic mass is 10.2. The van der Waals surface area contributed by atoms with Gasteiger partial charge in [0, 0.05) is 6.42 Å². The summed E-state index contributed by atoms with van der Waals surface area (Å²) in [5, 5.41) is 6.65. The summed E-state index contributed by atoms with van der Waals surface area (Å²) in [5.74, 6) is 0. The van der Waals surface area contributed by atoms with Crippen molar-refractivity contribution in [3.05, 3.63) is 4.98 Å². The summed E-state index contributed by atoms with van der Waals surface area (Å²) in [6.07, 6.45) is 1.43. The van der Waals surface area contributed by atoms with Crippen molar-refractivity contribution in [1.82, 2.24) is 0 Å². The third-order valence-corrected chi connectivity index (χ3v) is 2.26. The Kier molecular flexibility index (Phi) is 4.00. The van der Waals surface area contributed by atoms with Gasteiger partial charge in [-0.25, -0.2) is 8.42 Å². The van der Waals surface area contributed by atoms with Gasteiger partial charge in [0.15, 0.2) is 10.1 Å². The molecule has 0 aromatic heterocycles. The Balaban J connectivity index is 4.12. The first kappa shape index (κ1) is 10.3. The Bertz CT molecular complexity index is 241. The highest BCUT2D eigenvalue weighted by Gasteiger charge is 2.26. The molecule has 0 bridgehead atoms. The molecule has 1 unspecified atom stereocenters. The SMILES string of the molecule is CCCCC([N+]#N)S(=O)(=O)[O-]. The number of hydrogen-bond acceptors (Lipinski definition) is 4. The summed E-state index contributed by atoms with van der Waals surface area (Å²) < 4.78 is 30.8. The molecular weight excluding hydrogens is 168 g/mol. The van der Waals surface area contributed by atoms with Crippen LogP contribution in [0.25, 0.3) is 4.98 Å². The van der Waals surface area contributed by atoms with Crippen molar-refractivity contribution in [1.29, 1.82) is 5.39 Å².